The number of allylic oxidation sites excluding steroid dienone is 2. The summed E-state index contributed by atoms with van der Waals surface area (Å²) in [5, 5.41) is 3.23. The molecule has 6 nitrogen and oxygen atoms in total. The number of dihydropyridines is 1. The first-order chi connectivity index (χ1) is 15.1. The van der Waals surface area contributed by atoms with Crippen LogP contribution in [0.2, 0.25) is 0 Å². The quantitative estimate of drug-likeness (QED) is 0.510. The van der Waals surface area contributed by atoms with Crippen molar-refractivity contribution in [2.45, 2.75) is 29.9 Å². The Morgan fingerprint density at radius 2 is 1.90 bits per heavy atom. The second-order valence-corrected chi connectivity index (χ2v) is 8.11. The Balaban J connectivity index is 1.77. The Kier molecular flexibility index (Phi) is 6.32. The van der Waals surface area contributed by atoms with Gasteiger partial charge in [-0.2, -0.15) is 0 Å². The van der Waals surface area contributed by atoms with Crippen molar-refractivity contribution in [1.82, 2.24) is 5.32 Å². The number of thioether (sulfide) groups is 1. The molecule has 0 saturated heterocycles. The molecule has 0 spiro atoms. The summed E-state index contributed by atoms with van der Waals surface area (Å²) in [6.45, 7) is 2.14. The number of benzene rings is 2. The average molecular weight is 438 g/mol. The van der Waals surface area contributed by atoms with Crippen molar-refractivity contribution in [3.05, 3.63) is 88.5 Å². The maximum absolute atomic E-state index is 12.7. The summed E-state index contributed by atoms with van der Waals surface area (Å²) in [5.41, 5.74) is 4.01. The highest BCUT2D eigenvalue weighted by molar-refractivity contribution is 7.98. The lowest BCUT2D eigenvalue weighted by Crippen LogP contribution is -2.29. The Bertz CT molecular complexity index is 1060. The molecule has 0 saturated carbocycles. The molecule has 4 rings (SSSR count). The zero-order valence-electron chi connectivity index (χ0n) is 17.3. The van der Waals surface area contributed by atoms with Gasteiger partial charge in [0.15, 0.2) is 0 Å². The molecule has 2 aliphatic rings. The fourth-order valence-corrected chi connectivity index (χ4v) is 4.80. The summed E-state index contributed by atoms with van der Waals surface area (Å²) in [6.07, 6.45) is -0.231. The molecule has 1 N–H and O–H groups in total. The van der Waals surface area contributed by atoms with Gasteiger partial charge in [-0.15, -0.1) is 11.8 Å². The van der Waals surface area contributed by atoms with Crippen LogP contribution in [0.15, 0.2) is 82.2 Å². The first kappa shape index (κ1) is 21.1. The number of carbonyl (C=O) groups is 2. The van der Waals surface area contributed by atoms with Crippen LogP contribution in [0.25, 0.3) is 0 Å². The van der Waals surface area contributed by atoms with Gasteiger partial charge in [-0.25, -0.2) is 9.59 Å². The zero-order chi connectivity index (χ0) is 21.8. The minimum atomic E-state index is -0.822. The fourth-order valence-electron chi connectivity index (χ4n) is 3.76. The van der Waals surface area contributed by atoms with Crippen LogP contribution in [0, 0.1) is 0 Å². The topological polar surface area (TPSA) is 73.9 Å². The van der Waals surface area contributed by atoms with Gasteiger partial charge in [0.2, 0.25) is 0 Å². The maximum atomic E-state index is 12.7. The molecule has 0 aromatic heterocycles. The summed E-state index contributed by atoms with van der Waals surface area (Å²) < 4.78 is 15.6. The van der Waals surface area contributed by atoms with Gasteiger partial charge >= 0.3 is 12.1 Å². The van der Waals surface area contributed by atoms with Crippen molar-refractivity contribution >= 4 is 23.9 Å². The number of carbonyl (C=O) groups excluding carboxylic acids is 2. The van der Waals surface area contributed by atoms with E-state index in [0.29, 0.717) is 23.5 Å². The molecule has 0 bridgehead atoms. The van der Waals surface area contributed by atoms with Gasteiger partial charge in [-0.3, -0.25) is 0 Å². The standard InChI is InChI=1S/C24H23NO5S/c1-3-17-22(30-24(27)28-2)20(21-18(25-17)13-29-23(21)26)16-11-7-8-12-19(16)31-14-15-9-5-4-6-10-15/h4-12,20,25H,3,13-14H2,1-2H3. The van der Waals surface area contributed by atoms with Crippen molar-refractivity contribution in [1.29, 1.82) is 0 Å². The first-order valence-electron chi connectivity index (χ1n) is 10.0. The van der Waals surface area contributed by atoms with Crippen molar-refractivity contribution in [3.8, 4) is 0 Å². The number of methoxy groups -OCH3 is 1. The van der Waals surface area contributed by atoms with Crippen LogP contribution in [0.5, 0.6) is 0 Å². The third-order valence-corrected chi connectivity index (χ3v) is 6.38. The number of cyclic esters (lactones) is 1. The molecule has 1 atom stereocenters. The fraction of sp³-hybridized carbons (Fsp3) is 0.250. The maximum Gasteiger partial charge on any atom is 0.513 e. The highest BCUT2D eigenvalue weighted by Crippen LogP contribution is 2.45. The largest absolute Gasteiger partial charge is 0.513 e. The van der Waals surface area contributed by atoms with Crippen LogP contribution in [0.1, 0.15) is 30.4 Å². The summed E-state index contributed by atoms with van der Waals surface area (Å²) in [5.74, 6) is 0.187. The molecule has 2 heterocycles. The summed E-state index contributed by atoms with van der Waals surface area (Å²) >= 11 is 1.68. The summed E-state index contributed by atoms with van der Waals surface area (Å²) in [4.78, 5) is 25.7. The molecule has 160 valence electrons. The van der Waals surface area contributed by atoms with Gasteiger partial charge in [0.05, 0.1) is 30.0 Å². The van der Waals surface area contributed by atoms with E-state index in [1.165, 1.54) is 12.7 Å². The highest BCUT2D eigenvalue weighted by Gasteiger charge is 2.42. The van der Waals surface area contributed by atoms with Crippen molar-refractivity contribution in [2.75, 3.05) is 13.7 Å². The minimum Gasteiger partial charge on any atom is -0.456 e. The van der Waals surface area contributed by atoms with Crippen LogP contribution in [0.4, 0.5) is 4.79 Å². The molecular weight excluding hydrogens is 414 g/mol. The van der Waals surface area contributed by atoms with E-state index in [4.69, 9.17) is 14.2 Å². The third-order valence-electron chi connectivity index (χ3n) is 5.22. The van der Waals surface area contributed by atoms with E-state index in [0.717, 1.165) is 21.9 Å². The van der Waals surface area contributed by atoms with Gasteiger partial charge in [-0.1, -0.05) is 55.5 Å². The number of hydrogen-bond donors (Lipinski definition) is 1. The third kappa shape index (κ3) is 4.32. The Labute approximate surface area is 185 Å². The molecular formula is C24H23NO5S. The van der Waals surface area contributed by atoms with Crippen molar-refractivity contribution < 1.29 is 23.8 Å². The average Bonchev–Trinajstić information content (AvgIpc) is 3.18. The molecule has 2 aliphatic heterocycles. The molecule has 0 aliphatic carbocycles. The van der Waals surface area contributed by atoms with E-state index < -0.39 is 18.0 Å². The normalized spacial score (nSPS) is 17.7. The van der Waals surface area contributed by atoms with Crippen LogP contribution in [-0.4, -0.2) is 25.8 Å². The predicted octanol–water partition coefficient (Wildman–Crippen LogP) is 4.88. The molecule has 0 amide bonds. The molecule has 0 radical (unpaired) electrons. The van der Waals surface area contributed by atoms with Gasteiger partial charge in [0.1, 0.15) is 12.4 Å². The van der Waals surface area contributed by atoms with E-state index in [9.17, 15) is 9.59 Å². The van der Waals surface area contributed by atoms with Gasteiger partial charge in [0.25, 0.3) is 0 Å². The van der Waals surface area contributed by atoms with Crippen LogP contribution in [0.3, 0.4) is 0 Å². The zero-order valence-corrected chi connectivity index (χ0v) is 18.2. The van der Waals surface area contributed by atoms with E-state index in [2.05, 4.69) is 17.4 Å². The van der Waals surface area contributed by atoms with Crippen LogP contribution < -0.4 is 5.32 Å². The molecule has 31 heavy (non-hydrogen) atoms. The van der Waals surface area contributed by atoms with Gasteiger partial charge in [-0.05, 0) is 23.6 Å². The predicted molar refractivity (Wildman–Crippen MR) is 117 cm³/mol. The lowest BCUT2D eigenvalue weighted by molar-refractivity contribution is -0.136. The Morgan fingerprint density at radius 1 is 1.16 bits per heavy atom. The monoisotopic (exact) mass is 437 g/mol. The molecule has 2 aromatic rings. The SMILES string of the molecule is CCC1=C(OC(=O)OC)C(c2ccccc2SCc2ccccc2)C2=C(COC2=O)N1. The second-order valence-electron chi connectivity index (χ2n) is 7.09. The van der Waals surface area contributed by atoms with E-state index in [1.807, 2.05) is 49.4 Å². The summed E-state index contributed by atoms with van der Waals surface area (Å²) in [7, 11) is 1.26. The molecule has 2 aromatic carbocycles. The van der Waals surface area contributed by atoms with E-state index in [-0.39, 0.29) is 6.61 Å². The number of nitrogens with one attached hydrogen (secondary N) is 1. The minimum absolute atomic E-state index is 0.180. The van der Waals surface area contributed by atoms with Gasteiger partial charge < -0.3 is 19.5 Å². The number of hydrogen-bond acceptors (Lipinski definition) is 7. The van der Waals surface area contributed by atoms with E-state index >= 15 is 0 Å². The van der Waals surface area contributed by atoms with Crippen LogP contribution in [-0.2, 0) is 24.8 Å². The Hall–Kier alpha value is -3.19. The lowest BCUT2D eigenvalue weighted by atomic mass is 9.85. The molecule has 0 fully saturated rings. The Morgan fingerprint density at radius 3 is 2.65 bits per heavy atom. The number of esters is 1. The smallest absolute Gasteiger partial charge is 0.456 e. The number of ether oxygens (including phenoxy) is 3. The summed E-state index contributed by atoms with van der Waals surface area (Å²) in [6, 6.07) is 18.0. The van der Waals surface area contributed by atoms with Gasteiger partial charge in [0, 0.05) is 10.6 Å². The van der Waals surface area contributed by atoms with Crippen molar-refractivity contribution in [3.63, 3.8) is 0 Å². The second kappa shape index (κ2) is 9.31. The highest BCUT2D eigenvalue weighted by atomic mass is 32.2. The van der Waals surface area contributed by atoms with Crippen molar-refractivity contribution in [2.24, 2.45) is 0 Å². The van der Waals surface area contributed by atoms with Crippen LogP contribution >= 0.6 is 11.8 Å². The molecule has 7 heteroatoms. The van der Waals surface area contributed by atoms with E-state index in [1.54, 1.807) is 11.8 Å². The first-order valence-corrected chi connectivity index (χ1v) is 11.0. The number of rotatable bonds is 6. The molecule has 1 unspecified atom stereocenters. The lowest BCUT2D eigenvalue weighted by Gasteiger charge is -2.29.